The van der Waals surface area contributed by atoms with Crippen molar-refractivity contribution in [3.05, 3.63) is 73.1 Å². The smallest absolute Gasteiger partial charge is 0.226 e. The molecular weight excluding hydrogens is 485 g/mol. The average Bonchev–Trinajstić information content (AvgIpc) is 3.51. The molecule has 1 aromatic carbocycles. The van der Waals surface area contributed by atoms with Gasteiger partial charge < -0.3 is 15.4 Å². The number of carbonyl (C=O) groups is 1. The summed E-state index contributed by atoms with van der Waals surface area (Å²) >= 11 is 0. The molecule has 0 spiro atoms. The van der Waals surface area contributed by atoms with Crippen molar-refractivity contribution in [1.29, 1.82) is 0 Å². The third-order valence-electron chi connectivity index (χ3n) is 6.25. The molecule has 1 amide bonds. The lowest BCUT2D eigenvalue weighted by molar-refractivity contribution is -0.118. The van der Waals surface area contributed by atoms with Gasteiger partial charge in [0, 0.05) is 40.7 Å². The maximum atomic E-state index is 14.0. The Morgan fingerprint density at radius 1 is 1.00 bits per heavy atom. The molecule has 4 N–H and O–H groups in total. The van der Waals surface area contributed by atoms with Crippen molar-refractivity contribution in [3.8, 4) is 39.5 Å². The summed E-state index contributed by atoms with van der Waals surface area (Å²) in [6.45, 7) is 3.65. The number of nitrogens with zero attached hydrogens (tertiary/aromatic N) is 4. The molecule has 5 heterocycles. The van der Waals surface area contributed by atoms with Crippen LogP contribution in [-0.4, -0.2) is 41.1 Å². The summed E-state index contributed by atoms with van der Waals surface area (Å²) in [6.07, 6.45) is 6.61. The van der Waals surface area contributed by atoms with Crippen molar-refractivity contribution in [3.63, 3.8) is 0 Å². The number of phenolic OH excluding ortho intramolecular Hbond substituents is 1. The number of aromatic amines is 2. The Balaban J connectivity index is 1.42. The first-order valence-electron chi connectivity index (χ1n) is 11.9. The maximum absolute atomic E-state index is 14.0. The number of halogens is 1. The molecule has 0 unspecified atom stereocenters. The van der Waals surface area contributed by atoms with Gasteiger partial charge in [-0.1, -0.05) is 13.8 Å². The first kappa shape index (κ1) is 23.3. The van der Waals surface area contributed by atoms with Crippen LogP contribution < -0.4 is 5.32 Å². The Bertz CT molecular complexity index is 1820. The van der Waals surface area contributed by atoms with Crippen LogP contribution in [0.5, 0.6) is 5.75 Å². The number of H-pyrrole nitrogens is 2. The summed E-state index contributed by atoms with van der Waals surface area (Å²) in [5, 5.41) is 21.9. The minimum Gasteiger partial charge on any atom is -0.508 e. The second-order valence-corrected chi connectivity index (χ2v) is 9.30. The fourth-order valence-electron chi connectivity index (χ4n) is 4.35. The number of pyridine rings is 3. The lowest BCUT2D eigenvalue weighted by atomic mass is 10.0. The zero-order valence-electron chi connectivity index (χ0n) is 20.5. The molecule has 0 fully saturated rings. The van der Waals surface area contributed by atoms with Crippen LogP contribution in [0.15, 0.2) is 67.3 Å². The molecule has 0 aliphatic heterocycles. The molecule has 0 atom stereocenters. The highest BCUT2D eigenvalue weighted by atomic mass is 19.1. The van der Waals surface area contributed by atoms with Crippen LogP contribution in [-0.2, 0) is 4.79 Å². The predicted molar refractivity (Wildman–Crippen MR) is 143 cm³/mol. The van der Waals surface area contributed by atoms with Crippen molar-refractivity contribution >= 4 is 33.5 Å². The Morgan fingerprint density at radius 2 is 1.87 bits per heavy atom. The lowest BCUT2D eigenvalue weighted by Gasteiger charge is -2.08. The second kappa shape index (κ2) is 9.07. The molecule has 10 heteroatoms. The number of benzene rings is 1. The minimum absolute atomic E-state index is 0.0928. The van der Waals surface area contributed by atoms with Gasteiger partial charge in [0.2, 0.25) is 5.91 Å². The molecule has 5 aromatic heterocycles. The van der Waals surface area contributed by atoms with Gasteiger partial charge in [-0.15, -0.1) is 0 Å². The summed E-state index contributed by atoms with van der Waals surface area (Å²) in [4.78, 5) is 28.7. The first-order valence-corrected chi connectivity index (χ1v) is 11.9. The number of amides is 1. The zero-order chi connectivity index (χ0) is 26.4. The van der Waals surface area contributed by atoms with E-state index in [2.05, 4.69) is 35.5 Å². The van der Waals surface area contributed by atoms with Crippen LogP contribution in [0.4, 0.5) is 10.1 Å². The fraction of sp³-hybridized carbons (Fsp3) is 0.107. The highest BCUT2D eigenvalue weighted by molar-refractivity contribution is 6.00. The van der Waals surface area contributed by atoms with Crippen LogP contribution in [0, 0.1) is 11.7 Å². The van der Waals surface area contributed by atoms with Gasteiger partial charge in [0.05, 0.1) is 35.0 Å². The number of anilines is 1. The van der Waals surface area contributed by atoms with Crippen LogP contribution in [0.25, 0.3) is 55.7 Å². The second-order valence-electron chi connectivity index (χ2n) is 9.30. The number of hydrogen-bond donors (Lipinski definition) is 4. The van der Waals surface area contributed by atoms with Crippen molar-refractivity contribution < 1.29 is 14.3 Å². The molecule has 188 valence electrons. The van der Waals surface area contributed by atoms with Gasteiger partial charge in [0.15, 0.2) is 0 Å². The molecule has 0 bridgehead atoms. The van der Waals surface area contributed by atoms with E-state index in [1.807, 2.05) is 32.0 Å². The van der Waals surface area contributed by atoms with Gasteiger partial charge in [-0.2, -0.15) is 5.10 Å². The molecule has 6 rings (SSSR count). The summed E-state index contributed by atoms with van der Waals surface area (Å²) < 4.78 is 14.0. The van der Waals surface area contributed by atoms with E-state index in [1.54, 1.807) is 30.9 Å². The number of aromatic nitrogens is 6. The van der Waals surface area contributed by atoms with E-state index in [4.69, 9.17) is 0 Å². The van der Waals surface area contributed by atoms with E-state index in [0.717, 1.165) is 33.5 Å². The molecule has 0 radical (unpaired) electrons. The fourth-order valence-corrected chi connectivity index (χ4v) is 4.35. The molecular formula is C28H22FN7O2. The standard InChI is InChI=1S/C28H22FN7O2/c1-14(2)28(38)33-18-6-16(11-30-12-18)23-10-22-25(13-32-23)35-36-26(22)24-9-21-20(3-4-31-27(21)34-24)15-5-17(29)8-19(37)7-15/h3-14,37H,1-2H3,(H,31,34)(H,33,38)(H,35,36). The zero-order valence-corrected chi connectivity index (χ0v) is 20.5. The quantitative estimate of drug-likeness (QED) is 0.238. The Hall–Kier alpha value is -5.12. The van der Waals surface area contributed by atoms with Crippen molar-refractivity contribution in [2.45, 2.75) is 13.8 Å². The van der Waals surface area contributed by atoms with E-state index in [-0.39, 0.29) is 17.6 Å². The number of carbonyl (C=O) groups excluding carboxylic acids is 1. The van der Waals surface area contributed by atoms with Gasteiger partial charge in [-0.05, 0) is 47.5 Å². The van der Waals surface area contributed by atoms with Crippen molar-refractivity contribution in [1.82, 2.24) is 30.1 Å². The lowest BCUT2D eigenvalue weighted by Crippen LogP contribution is -2.17. The van der Waals surface area contributed by atoms with Gasteiger partial charge in [0.1, 0.15) is 22.9 Å². The Morgan fingerprint density at radius 3 is 2.68 bits per heavy atom. The van der Waals surface area contributed by atoms with E-state index < -0.39 is 5.82 Å². The highest BCUT2D eigenvalue weighted by Gasteiger charge is 2.16. The first-order chi connectivity index (χ1) is 18.4. The topological polar surface area (TPSA) is 132 Å². The van der Waals surface area contributed by atoms with E-state index >= 15 is 0 Å². The monoisotopic (exact) mass is 507 g/mol. The molecule has 0 saturated heterocycles. The number of phenols is 1. The van der Waals surface area contributed by atoms with Gasteiger partial charge in [-0.25, -0.2) is 9.37 Å². The third-order valence-corrected chi connectivity index (χ3v) is 6.25. The molecule has 0 saturated carbocycles. The summed E-state index contributed by atoms with van der Waals surface area (Å²) in [7, 11) is 0. The minimum atomic E-state index is -0.527. The maximum Gasteiger partial charge on any atom is 0.226 e. The number of nitrogens with one attached hydrogen (secondary N) is 3. The van der Waals surface area contributed by atoms with Crippen LogP contribution in [0.2, 0.25) is 0 Å². The van der Waals surface area contributed by atoms with Crippen LogP contribution >= 0.6 is 0 Å². The Labute approximate surface area is 215 Å². The van der Waals surface area contributed by atoms with E-state index in [0.29, 0.717) is 34.0 Å². The number of hydrogen-bond acceptors (Lipinski definition) is 6. The molecule has 38 heavy (non-hydrogen) atoms. The van der Waals surface area contributed by atoms with Crippen LogP contribution in [0.3, 0.4) is 0 Å². The average molecular weight is 508 g/mol. The highest BCUT2D eigenvalue weighted by Crippen LogP contribution is 2.35. The van der Waals surface area contributed by atoms with Gasteiger partial charge >= 0.3 is 0 Å². The van der Waals surface area contributed by atoms with E-state index in [9.17, 15) is 14.3 Å². The molecule has 0 aliphatic carbocycles. The summed E-state index contributed by atoms with van der Waals surface area (Å²) in [5.74, 6) is -0.924. The van der Waals surface area contributed by atoms with Gasteiger partial charge in [0.25, 0.3) is 0 Å². The third kappa shape index (κ3) is 4.21. The van der Waals surface area contributed by atoms with Crippen LogP contribution in [0.1, 0.15) is 13.8 Å². The number of fused-ring (bicyclic) bond motifs is 2. The molecule has 6 aromatic rings. The Kier molecular flexibility index (Phi) is 5.56. The summed E-state index contributed by atoms with van der Waals surface area (Å²) in [5.41, 5.74) is 5.97. The summed E-state index contributed by atoms with van der Waals surface area (Å²) in [6, 6.07) is 11.4. The predicted octanol–water partition coefficient (Wildman–Crippen LogP) is 5.67. The van der Waals surface area contributed by atoms with Crippen molar-refractivity contribution in [2.75, 3.05) is 5.32 Å². The normalized spacial score (nSPS) is 11.5. The van der Waals surface area contributed by atoms with Gasteiger partial charge in [-0.3, -0.25) is 19.9 Å². The SMILES string of the molecule is CC(C)C(=O)Nc1cncc(-c2cc3c(-c4cc5c(-c6cc(O)cc(F)c6)ccnc5[nH]4)n[nH]c3cn2)c1. The molecule has 9 nitrogen and oxygen atoms in total. The largest absolute Gasteiger partial charge is 0.508 e. The number of aromatic hydroxyl groups is 1. The number of rotatable bonds is 5. The van der Waals surface area contributed by atoms with E-state index in [1.165, 1.54) is 12.1 Å². The molecule has 0 aliphatic rings. The van der Waals surface area contributed by atoms with Crippen molar-refractivity contribution in [2.24, 2.45) is 5.92 Å².